The molecule has 0 radical (unpaired) electrons. The fourth-order valence-corrected chi connectivity index (χ4v) is 5.84. The Labute approximate surface area is 147 Å². The Morgan fingerprint density at radius 1 is 1.12 bits per heavy atom. The van der Waals surface area contributed by atoms with Crippen LogP contribution in [0.1, 0.15) is 58.6 Å². The number of hydrogen-bond donors (Lipinski definition) is 0. The van der Waals surface area contributed by atoms with E-state index >= 15 is 0 Å². The molecule has 130 valence electrons. The summed E-state index contributed by atoms with van der Waals surface area (Å²) < 4.78 is 0. The molecule has 1 unspecified atom stereocenters. The van der Waals surface area contributed by atoms with Crippen molar-refractivity contribution in [3.05, 3.63) is 21.4 Å². The number of thiophene rings is 1. The lowest BCUT2D eigenvalue weighted by Crippen LogP contribution is -2.48. The average molecular weight is 346 g/mol. The van der Waals surface area contributed by atoms with Gasteiger partial charge in [-0.2, -0.15) is 0 Å². The second-order valence-electron chi connectivity index (χ2n) is 7.71. The van der Waals surface area contributed by atoms with Crippen molar-refractivity contribution in [3.8, 4) is 0 Å². The highest BCUT2D eigenvalue weighted by Gasteiger charge is 2.48. The van der Waals surface area contributed by atoms with Crippen LogP contribution in [0.25, 0.3) is 0 Å². The molecular formula is C19H26N2O2S. The first-order chi connectivity index (χ1) is 11.6. The van der Waals surface area contributed by atoms with Crippen molar-refractivity contribution in [2.75, 3.05) is 26.7 Å². The van der Waals surface area contributed by atoms with Crippen molar-refractivity contribution >= 4 is 23.2 Å². The summed E-state index contributed by atoms with van der Waals surface area (Å²) in [5.41, 5.74) is 1.08. The highest BCUT2D eigenvalue weighted by molar-refractivity contribution is 7.14. The lowest BCUT2D eigenvalue weighted by molar-refractivity contribution is -0.143. The monoisotopic (exact) mass is 346 g/mol. The zero-order chi connectivity index (χ0) is 16.7. The van der Waals surface area contributed by atoms with E-state index in [-0.39, 0.29) is 17.2 Å². The molecule has 24 heavy (non-hydrogen) atoms. The molecule has 5 heteroatoms. The molecule has 2 amide bonds. The molecule has 1 aromatic heterocycles. The molecule has 0 bridgehead atoms. The second-order valence-corrected chi connectivity index (χ2v) is 8.84. The van der Waals surface area contributed by atoms with E-state index in [4.69, 9.17) is 0 Å². The number of hydrogen-bond acceptors (Lipinski definition) is 3. The highest BCUT2D eigenvalue weighted by Crippen LogP contribution is 2.40. The minimum absolute atomic E-state index is 0.144. The van der Waals surface area contributed by atoms with Gasteiger partial charge in [-0.15, -0.1) is 11.3 Å². The number of carbonyl (C=O) groups is 2. The van der Waals surface area contributed by atoms with Gasteiger partial charge in [-0.25, -0.2) is 0 Å². The molecule has 2 fully saturated rings. The van der Waals surface area contributed by atoms with Crippen LogP contribution in [0.2, 0.25) is 0 Å². The SMILES string of the molecule is CN1CCCC2(CCN(C(=O)c3cc4c(s3)CCCCC4)C2)C1=O. The Kier molecular flexibility index (Phi) is 4.15. The van der Waals surface area contributed by atoms with Crippen molar-refractivity contribution in [3.63, 3.8) is 0 Å². The lowest BCUT2D eigenvalue weighted by atomic mass is 9.78. The van der Waals surface area contributed by atoms with Crippen LogP contribution in [0, 0.1) is 5.41 Å². The smallest absolute Gasteiger partial charge is 0.263 e. The van der Waals surface area contributed by atoms with Crippen LogP contribution in [0.4, 0.5) is 0 Å². The van der Waals surface area contributed by atoms with Crippen LogP contribution in [-0.2, 0) is 17.6 Å². The number of likely N-dealkylation sites (tertiary alicyclic amines) is 2. The van der Waals surface area contributed by atoms with Gasteiger partial charge in [-0.3, -0.25) is 9.59 Å². The first-order valence-corrected chi connectivity index (χ1v) is 10.1. The zero-order valence-electron chi connectivity index (χ0n) is 14.5. The Balaban J connectivity index is 1.51. The normalized spacial score (nSPS) is 27.5. The van der Waals surface area contributed by atoms with Gasteiger partial charge < -0.3 is 9.80 Å². The molecule has 2 aliphatic heterocycles. The number of fused-ring (bicyclic) bond motifs is 1. The van der Waals surface area contributed by atoms with Crippen LogP contribution in [0.15, 0.2) is 6.07 Å². The molecule has 0 saturated carbocycles. The van der Waals surface area contributed by atoms with E-state index in [0.29, 0.717) is 6.54 Å². The van der Waals surface area contributed by atoms with Crippen molar-refractivity contribution in [1.82, 2.24) is 9.80 Å². The predicted molar refractivity (Wildman–Crippen MR) is 95.4 cm³/mol. The summed E-state index contributed by atoms with van der Waals surface area (Å²) in [5, 5.41) is 0. The molecule has 4 nitrogen and oxygen atoms in total. The summed E-state index contributed by atoms with van der Waals surface area (Å²) in [6.07, 6.45) is 8.84. The molecule has 3 heterocycles. The summed E-state index contributed by atoms with van der Waals surface area (Å²) in [5.74, 6) is 0.386. The van der Waals surface area contributed by atoms with Crippen molar-refractivity contribution < 1.29 is 9.59 Å². The Bertz CT molecular complexity index is 645. The molecule has 2 saturated heterocycles. The number of carbonyl (C=O) groups excluding carboxylic acids is 2. The van der Waals surface area contributed by atoms with Gasteiger partial charge in [-0.1, -0.05) is 6.42 Å². The molecule has 4 rings (SSSR count). The number of amides is 2. The van der Waals surface area contributed by atoms with Crippen molar-refractivity contribution in [2.45, 2.75) is 51.4 Å². The van der Waals surface area contributed by atoms with E-state index < -0.39 is 0 Å². The predicted octanol–water partition coefficient (Wildman–Crippen LogP) is 3.10. The third-order valence-electron chi connectivity index (χ3n) is 6.05. The van der Waals surface area contributed by atoms with E-state index in [1.165, 1.54) is 29.7 Å². The van der Waals surface area contributed by atoms with E-state index in [2.05, 4.69) is 6.07 Å². The van der Waals surface area contributed by atoms with Crippen LogP contribution in [-0.4, -0.2) is 48.3 Å². The van der Waals surface area contributed by atoms with E-state index in [9.17, 15) is 9.59 Å². The van der Waals surface area contributed by atoms with Crippen LogP contribution >= 0.6 is 11.3 Å². The largest absolute Gasteiger partial charge is 0.345 e. The first-order valence-electron chi connectivity index (χ1n) is 9.25. The Hall–Kier alpha value is -1.36. The minimum atomic E-state index is -0.309. The van der Waals surface area contributed by atoms with Gasteiger partial charge in [-0.05, 0) is 56.6 Å². The molecule has 1 atom stereocenters. The fraction of sp³-hybridized carbons (Fsp3) is 0.684. The van der Waals surface area contributed by atoms with Crippen LogP contribution in [0.5, 0.6) is 0 Å². The van der Waals surface area contributed by atoms with Gasteiger partial charge in [0.1, 0.15) is 0 Å². The maximum Gasteiger partial charge on any atom is 0.263 e. The number of rotatable bonds is 1. The maximum atomic E-state index is 13.0. The highest BCUT2D eigenvalue weighted by atomic mass is 32.1. The summed E-state index contributed by atoms with van der Waals surface area (Å²) >= 11 is 1.69. The summed E-state index contributed by atoms with van der Waals surface area (Å²) in [6.45, 7) is 2.19. The first kappa shape index (κ1) is 16.1. The van der Waals surface area contributed by atoms with Crippen molar-refractivity contribution in [2.24, 2.45) is 5.41 Å². The third kappa shape index (κ3) is 2.67. The zero-order valence-corrected chi connectivity index (χ0v) is 15.3. The lowest BCUT2D eigenvalue weighted by Gasteiger charge is -2.37. The summed E-state index contributed by atoms with van der Waals surface area (Å²) in [4.78, 5) is 31.7. The Morgan fingerprint density at radius 2 is 1.96 bits per heavy atom. The van der Waals surface area contributed by atoms with Gasteiger partial charge in [0.2, 0.25) is 5.91 Å². The fourth-order valence-electron chi connectivity index (χ4n) is 4.62. The number of piperidine rings is 1. The van der Waals surface area contributed by atoms with Gasteiger partial charge >= 0.3 is 0 Å². The third-order valence-corrected chi connectivity index (χ3v) is 7.27. The molecule has 1 spiro atoms. The van der Waals surface area contributed by atoms with Crippen LogP contribution in [0.3, 0.4) is 0 Å². The van der Waals surface area contributed by atoms with E-state index in [1.807, 2.05) is 16.8 Å². The molecule has 0 N–H and O–H groups in total. The van der Waals surface area contributed by atoms with Crippen LogP contribution < -0.4 is 0 Å². The molecule has 1 aromatic rings. The van der Waals surface area contributed by atoms with Gasteiger partial charge in [0.15, 0.2) is 0 Å². The topological polar surface area (TPSA) is 40.6 Å². The summed E-state index contributed by atoms with van der Waals surface area (Å²) in [6, 6.07) is 2.13. The molecule has 3 aliphatic rings. The number of nitrogens with zero attached hydrogens (tertiary/aromatic N) is 2. The standard InChI is InChI=1S/C19H26N2O2S/c1-20-10-5-8-19(18(20)23)9-11-21(13-19)17(22)16-12-14-6-3-2-4-7-15(14)24-16/h12H,2-11,13H2,1H3. The molecule has 0 aromatic carbocycles. The van der Waals surface area contributed by atoms with Gasteiger partial charge in [0.25, 0.3) is 5.91 Å². The average Bonchev–Trinajstić information content (AvgIpc) is 3.12. The number of aryl methyl sites for hydroxylation is 2. The van der Waals surface area contributed by atoms with Gasteiger partial charge in [0, 0.05) is 31.6 Å². The van der Waals surface area contributed by atoms with Gasteiger partial charge in [0.05, 0.1) is 10.3 Å². The minimum Gasteiger partial charge on any atom is -0.345 e. The summed E-state index contributed by atoms with van der Waals surface area (Å²) in [7, 11) is 1.89. The second kappa shape index (κ2) is 6.17. The van der Waals surface area contributed by atoms with Crippen molar-refractivity contribution in [1.29, 1.82) is 0 Å². The Morgan fingerprint density at radius 3 is 2.83 bits per heavy atom. The quantitative estimate of drug-likeness (QED) is 0.733. The maximum absolute atomic E-state index is 13.0. The van der Waals surface area contributed by atoms with E-state index in [1.54, 1.807) is 11.3 Å². The molecular weight excluding hydrogens is 320 g/mol. The van der Waals surface area contributed by atoms with E-state index in [0.717, 1.165) is 50.1 Å². The molecule has 1 aliphatic carbocycles.